The van der Waals surface area contributed by atoms with E-state index in [0.29, 0.717) is 34.5 Å². The second-order valence-electron chi connectivity index (χ2n) is 6.87. The molecule has 2 amide bonds. The summed E-state index contributed by atoms with van der Waals surface area (Å²) in [4.78, 5) is 38.2. The van der Waals surface area contributed by atoms with Crippen molar-refractivity contribution >= 4 is 29.1 Å². The number of hydrogen-bond acceptors (Lipinski definition) is 7. The van der Waals surface area contributed by atoms with E-state index >= 15 is 0 Å². The predicted molar refractivity (Wildman–Crippen MR) is 118 cm³/mol. The van der Waals surface area contributed by atoms with Gasteiger partial charge >= 0.3 is 0 Å². The van der Waals surface area contributed by atoms with Gasteiger partial charge in [0, 0.05) is 31.1 Å². The van der Waals surface area contributed by atoms with E-state index in [4.69, 9.17) is 4.74 Å². The van der Waals surface area contributed by atoms with Crippen molar-refractivity contribution in [1.29, 1.82) is 0 Å². The van der Waals surface area contributed by atoms with E-state index in [9.17, 15) is 9.59 Å². The quantitative estimate of drug-likeness (QED) is 0.560. The molecule has 31 heavy (non-hydrogen) atoms. The number of methoxy groups -OCH3 is 1. The molecule has 3 N–H and O–H groups in total. The largest absolute Gasteiger partial charge is 0.496 e. The summed E-state index contributed by atoms with van der Waals surface area (Å²) in [5.74, 6) is 1.26. The number of aryl methyl sites for hydroxylation is 3. The molecule has 0 bridgehead atoms. The number of benzene rings is 1. The Morgan fingerprint density at radius 3 is 2.45 bits per heavy atom. The minimum Gasteiger partial charge on any atom is -0.496 e. The number of pyridine rings is 1. The van der Waals surface area contributed by atoms with E-state index in [1.165, 1.54) is 20.4 Å². The lowest BCUT2D eigenvalue weighted by Gasteiger charge is -2.15. The second kappa shape index (κ2) is 9.21. The van der Waals surface area contributed by atoms with Gasteiger partial charge < -0.3 is 20.7 Å². The van der Waals surface area contributed by atoms with Gasteiger partial charge in [-0.25, -0.2) is 15.0 Å². The molecule has 0 radical (unpaired) electrons. The van der Waals surface area contributed by atoms with Crippen LogP contribution in [0, 0.1) is 20.8 Å². The fourth-order valence-electron chi connectivity index (χ4n) is 3.14. The van der Waals surface area contributed by atoms with Gasteiger partial charge in [0.05, 0.1) is 23.9 Å². The first kappa shape index (κ1) is 21.7. The minimum atomic E-state index is -0.397. The second-order valence-corrected chi connectivity index (χ2v) is 6.87. The number of rotatable bonds is 6. The molecule has 0 unspecified atom stereocenters. The third-order valence-electron chi connectivity index (χ3n) is 4.53. The minimum absolute atomic E-state index is 0.226. The number of ether oxygens (including phenoxy) is 1. The van der Waals surface area contributed by atoms with Crippen molar-refractivity contribution in [2.24, 2.45) is 0 Å². The van der Waals surface area contributed by atoms with Gasteiger partial charge in [0.15, 0.2) is 0 Å². The molecule has 3 aromatic rings. The third kappa shape index (κ3) is 4.95. The molecule has 0 fully saturated rings. The number of carbonyl (C=O) groups excluding carboxylic acids is 2. The van der Waals surface area contributed by atoms with E-state index in [2.05, 4.69) is 30.9 Å². The van der Waals surface area contributed by atoms with E-state index in [1.54, 1.807) is 31.2 Å². The monoisotopic (exact) mass is 420 g/mol. The van der Waals surface area contributed by atoms with Crippen molar-refractivity contribution in [3.8, 4) is 5.75 Å². The molecule has 0 saturated heterocycles. The zero-order chi connectivity index (χ0) is 22.5. The molecule has 0 saturated carbocycles. The van der Waals surface area contributed by atoms with E-state index in [1.807, 2.05) is 19.9 Å². The molecule has 2 heterocycles. The maximum Gasteiger partial charge on any atom is 0.259 e. The number of hydrogen-bond donors (Lipinski definition) is 3. The van der Waals surface area contributed by atoms with E-state index in [0.717, 1.165) is 11.3 Å². The summed E-state index contributed by atoms with van der Waals surface area (Å²) in [5.41, 5.74) is 2.47. The lowest BCUT2D eigenvalue weighted by Crippen LogP contribution is -2.22. The Morgan fingerprint density at radius 1 is 1.00 bits per heavy atom. The first-order chi connectivity index (χ1) is 14.8. The zero-order valence-corrected chi connectivity index (χ0v) is 18.0. The van der Waals surface area contributed by atoms with Gasteiger partial charge in [-0.2, -0.15) is 0 Å². The van der Waals surface area contributed by atoms with Crippen molar-refractivity contribution in [3.63, 3.8) is 0 Å². The average molecular weight is 420 g/mol. The van der Waals surface area contributed by atoms with Crippen molar-refractivity contribution in [1.82, 2.24) is 20.3 Å². The van der Waals surface area contributed by atoms with Crippen LogP contribution in [0.25, 0.3) is 0 Å². The van der Waals surface area contributed by atoms with Gasteiger partial charge in [0.2, 0.25) is 0 Å². The van der Waals surface area contributed by atoms with Gasteiger partial charge in [0.1, 0.15) is 23.2 Å². The summed E-state index contributed by atoms with van der Waals surface area (Å²) >= 11 is 0. The lowest BCUT2D eigenvalue weighted by atomic mass is 10.1. The Kier molecular flexibility index (Phi) is 6.44. The van der Waals surface area contributed by atoms with Gasteiger partial charge in [-0.3, -0.25) is 9.59 Å². The fraction of sp³-hybridized carbons (Fsp3) is 0.227. The van der Waals surface area contributed by atoms with Crippen LogP contribution in [0.15, 0.2) is 36.5 Å². The maximum absolute atomic E-state index is 13.1. The summed E-state index contributed by atoms with van der Waals surface area (Å²) in [6, 6.07) is 8.69. The first-order valence-electron chi connectivity index (χ1n) is 9.58. The number of anilines is 3. The van der Waals surface area contributed by atoms with Crippen LogP contribution >= 0.6 is 0 Å². The van der Waals surface area contributed by atoms with Gasteiger partial charge in [-0.1, -0.05) is 12.1 Å². The maximum atomic E-state index is 13.1. The highest BCUT2D eigenvalue weighted by atomic mass is 16.5. The summed E-state index contributed by atoms with van der Waals surface area (Å²) in [7, 11) is 3.01. The number of nitrogens with one attached hydrogen (secondary N) is 3. The summed E-state index contributed by atoms with van der Waals surface area (Å²) in [6.45, 7) is 5.47. The zero-order valence-electron chi connectivity index (χ0n) is 18.0. The highest BCUT2D eigenvalue weighted by Crippen LogP contribution is 2.26. The Hall–Kier alpha value is -4.01. The summed E-state index contributed by atoms with van der Waals surface area (Å²) in [6.07, 6.45) is 1.40. The smallest absolute Gasteiger partial charge is 0.259 e. The van der Waals surface area contributed by atoms with E-state index < -0.39 is 5.91 Å². The van der Waals surface area contributed by atoms with Crippen LogP contribution in [0.1, 0.15) is 37.8 Å². The van der Waals surface area contributed by atoms with Crippen molar-refractivity contribution < 1.29 is 14.3 Å². The van der Waals surface area contributed by atoms with Gasteiger partial charge in [-0.05, 0) is 32.4 Å². The Balaban J connectivity index is 1.98. The van der Waals surface area contributed by atoms with Crippen LogP contribution in [-0.2, 0) is 0 Å². The van der Waals surface area contributed by atoms with E-state index in [-0.39, 0.29) is 11.5 Å². The van der Waals surface area contributed by atoms with Crippen LogP contribution in [0.2, 0.25) is 0 Å². The lowest BCUT2D eigenvalue weighted by molar-refractivity contribution is 0.0963. The standard InChI is InChI=1S/C22H24N6O3/c1-12-7-6-8-17(31-5)20(12)22(30)27-16-10-18(24-11-15(16)21(29)23-4)28-19-9-13(2)25-14(3)26-19/h6-11H,1-5H3,(H,23,29)(H2,24,25,26,27,28,30). The normalized spacial score (nSPS) is 10.4. The van der Waals surface area contributed by atoms with Crippen molar-refractivity contribution in [3.05, 3.63) is 64.7 Å². The molecule has 0 aliphatic rings. The van der Waals surface area contributed by atoms with Crippen molar-refractivity contribution in [2.75, 3.05) is 24.8 Å². The highest BCUT2D eigenvalue weighted by Gasteiger charge is 2.19. The molecule has 0 aliphatic carbocycles. The molecular weight excluding hydrogens is 396 g/mol. The molecule has 3 rings (SSSR count). The molecule has 1 aromatic carbocycles. The Bertz CT molecular complexity index is 1130. The number of amides is 2. The Morgan fingerprint density at radius 2 is 1.77 bits per heavy atom. The fourth-order valence-corrected chi connectivity index (χ4v) is 3.14. The Labute approximate surface area is 180 Å². The van der Waals surface area contributed by atoms with Crippen LogP contribution < -0.4 is 20.7 Å². The van der Waals surface area contributed by atoms with Crippen LogP contribution in [0.3, 0.4) is 0 Å². The van der Waals surface area contributed by atoms with Gasteiger partial charge in [0.25, 0.3) is 11.8 Å². The molecule has 9 nitrogen and oxygen atoms in total. The van der Waals surface area contributed by atoms with Crippen molar-refractivity contribution in [2.45, 2.75) is 20.8 Å². The molecule has 0 aliphatic heterocycles. The molecule has 9 heteroatoms. The topological polar surface area (TPSA) is 118 Å². The number of aromatic nitrogens is 3. The average Bonchev–Trinajstić information content (AvgIpc) is 2.72. The molecule has 2 aromatic heterocycles. The summed E-state index contributed by atoms with van der Waals surface area (Å²) in [5, 5.41) is 8.46. The SMILES string of the molecule is CNC(=O)c1cnc(Nc2cc(C)nc(C)n2)cc1NC(=O)c1c(C)cccc1OC. The number of nitrogens with zero attached hydrogens (tertiary/aromatic N) is 3. The predicted octanol–water partition coefficient (Wildman–Crippen LogP) is 3.16. The molecule has 0 spiro atoms. The third-order valence-corrected chi connectivity index (χ3v) is 4.53. The first-order valence-corrected chi connectivity index (χ1v) is 9.58. The van der Waals surface area contributed by atoms with Gasteiger partial charge in [-0.15, -0.1) is 0 Å². The molecule has 160 valence electrons. The molecule has 0 atom stereocenters. The van der Waals surface area contributed by atoms with Crippen LogP contribution in [0.5, 0.6) is 5.75 Å². The van der Waals surface area contributed by atoms with Crippen LogP contribution in [-0.4, -0.2) is 40.9 Å². The summed E-state index contributed by atoms with van der Waals surface area (Å²) < 4.78 is 5.33. The highest BCUT2D eigenvalue weighted by molar-refractivity contribution is 6.11. The van der Waals surface area contributed by atoms with Crippen LogP contribution in [0.4, 0.5) is 17.3 Å². The number of carbonyl (C=O) groups is 2. The molecular formula is C22H24N6O3.